The Morgan fingerprint density at radius 3 is 3.15 bits per heavy atom. The molecule has 68 valence electrons. The summed E-state index contributed by atoms with van der Waals surface area (Å²) < 4.78 is 0. The maximum atomic E-state index is 8.72. The van der Waals surface area contributed by atoms with Crippen molar-refractivity contribution in [3.8, 4) is 6.07 Å². The molecule has 0 amide bonds. The molecule has 0 saturated heterocycles. The van der Waals surface area contributed by atoms with E-state index in [1.807, 2.05) is 0 Å². The van der Waals surface area contributed by atoms with Crippen LogP contribution >= 0.6 is 23.4 Å². The molecule has 0 aliphatic heterocycles. The second-order valence-electron chi connectivity index (χ2n) is 2.25. The second-order valence-corrected chi connectivity index (χ2v) is 3.71. The summed E-state index contributed by atoms with van der Waals surface area (Å²) in [5.41, 5.74) is 0.578. The van der Waals surface area contributed by atoms with Crippen molar-refractivity contribution in [1.82, 2.24) is 10.2 Å². The Bertz CT molecular complexity index is 311. The zero-order chi connectivity index (χ0) is 9.52. The van der Waals surface area contributed by atoms with Crippen LogP contribution < -0.4 is 0 Å². The highest BCUT2D eigenvalue weighted by atomic mass is 35.5. The number of nitriles is 1. The molecule has 0 bridgehead atoms. The molecular weight excluding hydrogens is 206 g/mol. The van der Waals surface area contributed by atoms with Crippen molar-refractivity contribution >= 4 is 23.4 Å². The second kappa shape index (κ2) is 5.79. The molecule has 0 fully saturated rings. The highest BCUT2D eigenvalue weighted by Crippen LogP contribution is 2.18. The van der Waals surface area contributed by atoms with E-state index in [1.165, 1.54) is 18.0 Å². The number of halogens is 1. The number of thioether (sulfide) groups is 1. The Balaban J connectivity index is 2.60. The first-order valence-corrected chi connectivity index (χ1v) is 5.31. The van der Waals surface area contributed by atoms with E-state index in [1.54, 1.807) is 6.07 Å². The van der Waals surface area contributed by atoms with E-state index in [4.69, 9.17) is 16.9 Å². The van der Waals surface area contributed by atoms with Crippen LogP contribution in [-0.4, -0.2) is 21.8 Å². The van der Waals surface area contributed by atoms with Gasteiger partial charge in [0, 0.05) is 11.6 Å². The van der Waals surface area contributed by atoms with Gasteiger partial charge in [-0.3, -0.25) is 0 Å². The number of rotatable bonds is 4. The molecule has 0 unspecified atom stereocenters. The molecule has 1 heterocycles. The van der Waals surface area contributed by atoms with Gasteiger partial charge in [0.05, 0.1) is 11.8 Å². The van der Waals surface area contributed by atoms with Crippen LogP contribution in [0.15, 0.2) is 17.3 Å². The van der Waals surface area contributed by atoms with E-state index >= 15 is 0 Å². The Hall–Kier alpha value is -0.790. The van der Waals surface area contributed by atoms with Crippen molar-refractivity contribution < 1.29 is 0 Å². The third-order valence-corrected chi connectivity index (χ3v) is 2.66. The van der Waals surface area contributed by atoms with Crippen molar-refractivity contribution in [2.75, 3.05) is 11.6 Å². The van der Waals surface area contributed by atoms with E-state index in [-0.39, 0.29) is 0 Å². The summed E-state index contributed by atoms with van der Waals surface area (Å²) in [6.45, 7) is 0. The minimum Gasteiger partial charge on any atom is -0.192 e. The third kappa shape index (κ3) is 3.21. The molecule has 0 spiro atoms. The monoisotopic (exact) mass is 213 g/mol. The van der Waals surface area contributed by atoms with Crippen LogP contribution in [0.5, 0.6) is 0 Å². The van der Waals surface area contributed by atoms with E-state index in [0.717, 1.165) is 12.2 Å². The molecule has 0 aliphatic carbocycles. The van der Waals surface area contributed by atoms with Gasteiger partial charge in [-0.1, -0.05) is 0 Å². The molecule has 1 rings (SSSR count). The maximum absolute atomic E-state index is 8.72. The zero-order valence-electron chi connectivity index (χ0n) is 6.90. The molecule has 1 aromatic rings. The topological polar surface area (TPSA) is 49.6 Å². The summed E-state index contributed by atoms with van der Waals surface area (Å²) in [6, 6.07) is 3.73. The van der Waals surface area contributed by atoms with Gasteiger partial charge in [-0.25, -0.2) is 0 Å². The largest absolute Gasteiger partial charge is 0.192 e. The average Bonchev–Trinajstić information content (AvgIpc) is 2.19. The van der Waals surface area contributed by atoms with Crippen molar-refractivity contribution in [1.29, 1.82) is 5.26 Å². The van der Waals surface area contributed by atoms with Crippen molar-refractivity contribution in [3.63, 3.8) is 0 Å². The van der Waals surface area contributed by atoms with Crippen molar-refractivity contribution in [2.24, 2.45) is 0 Å². The Labute approximate surface area is 86.1 Å². The maximum Gasteiger partial charge on any atom is 0.137 e. The summed E-state index contributed by atoms with van der Waals surface area (Å²) >= 11 is 7.04. The number of hydrogen-bond acceptors (Lipinski definition) is 4. The Morgan fingerprint density at radius 1 is 1.62 bits per heavy atom. The minimum absolute atomic E-state index is 0.578. The molecule has 1 aromatic heterocycles. The number of aromatic nitrogens is 2. The summed E-state index contributed by atoms with van der Waals surface area (Å²) in [5, 5.41) is 17.0. The van der Waals surface area contributed by atoms with E-state index in [9.17, 15) is 0 Å². The highest BCUT2D eigenvalue weighted by molar-refractivity contribution is 7.99. The van der Waals surface area contributed by atoms with Crippen LogP contribution in [0.1, 0.15) is 12.0 Å². The van der Waals surface area contributed by atoms with Gasteiger partial charge in [0.2, 0.25) is 0 Å². The SMILES string of the molecule is N#Cc1ccnnc1SCCCCl. The van der Waals surface area contributed by atoms with Crippen LogP contribution in [0.3, 0.4) is 0 Å². The molecule has 13 heavy (non-hydrogen) atoms. The van der Waals surface area contributed by atoms with Gasteiger partial charge in [-0.05, 0) is 12.5 Å². The van der Waals surface area contributed by atoms with Crippen LogP contribution in [0, 0.1) is 11.3 Å². The van der Waals surface area contributed by atoms with Gasteiger partial charge >= 0.3 is 0 Å². The predicted octanol–water partition coefficient (Wildman–Crippen LogP) is 2.07. The fourth-order valence-corrected chi connectivity index (χ4v) is 1.88. The molecule has 0 saturated carbocycles. The minimum atomic E-state index is 0.578. The fourth-order valence-electron chi connectivity index (χ4n) is 0.734. The number of alkyl halides is 1. The first kappa shape index (κ1) is 10.3. The number of hydrogen-bond donors (Lipinski definition) is 0. The van der Waals surface area contributed by atoms with Crippen LogP contribution in [0.4, 0.5) is 0 Å². The van der Waals surface area contributed by atoms with Gasteiger partial charge in [0.25, 0.3) is 0 Å². The third-order valence-electron chi connectivity index (χ3n) is 1.32. The lowest BCUT2D eigenvalue weighted by molar-refractivity contribution is 0.918. The lowest BCUT2D eigenvalue weighted by atomic mass is 10.3. The Kier molecular flexibility index (Phi) is 4.58. The summed E-state index contributed by atoms with van der Waals surface area (Å²) in [7, 11) is 0. The average molecular weight is 214 g/mol. The van der Waals surface area contributed by atoms with E-state index < -0.39 is 0 Å². The molecule has 0 N–H and O–H groups in total. The molecule has 3 nitrogen and oxygen atoms in total. The normalized spacial score (nSPS) is 9.54. The first-order chi connectivity index (χ1) is 6.38. The van der Waals surface area contributed by atoms with Crippen LogP contribution in [0.2, 0.25) is 0 Å². The van der Waals surface area contributed by atoms with Gasteiger partial charge in [-0.15, -0.1) is 28.5 Å². The van der Waals surface area contributed by atoms with Gasteiger partial charge < -0.3 is 0 Å². The van der Waals surface area contributed by atoms with Crippen molar-refractivity contribution in [3.05, 3.63) is 17.8 Å². The summed E-state index contributed by atoms with van der Waals surface area (Å²) in [4.78, 5) is 0. The summed E-state index contributed by atoms with van der Waals surface area (Å²) in [6.07, 6.45) is 2.43. The molecule has 5 heteroatoms. The molecule has 0 aliphatic rings. The standard InChI is InChI=1S/C8H8ClN3S/c9-3-1-5-13-8-7(6-10)2-4-11-12-8/h2,4H,1,3,5H2. The van der Waals surface area contributed by atoms with Gasteiger partial charge in [0.1, 0.15) is 11.1 Å². The molecule has 0 aromatic carbocycles. The first-order valence-electron chi connectivity index (χ1n) is 3.79. The predicted molar refractivity (Wildman–Crippen MR) is 52.8 cm³/mol. The lowest BCUT2D eigenvalue weighted by Gasteiger charge is -1.98. The molecule has 0 radical (unpaired) electrons. The van der Waals surface area contributed by atoms with Gasteiger partial charge in [0.15, 0.2) is 0 Å². The van der Waals surface area contributed by atoms with Gasteiger partial charge in [-0.2, -0.15) is 10.4 Å². The van der Waals surface area contributed by atoms with Crippen LogP contribution in [-0.2, 0) is 0 Å². The smallest absolute Gasteiger partial charge is 0.137 e. The van der Waals surface area contributed by atoms with Crippen LogP contribution in [0.25, 0.3) is 0 Å². The molecule has 0 atom stereocenters. The summed E-state index contributed by atoms with van der Waals surface area (Å²) in [5.74, 6) is 1.51. The van der Waals surface area contributed by atoms with E-state index in [2.05, 4.69) is 16.3 Å². The molecular formula is C8H8ClN3S. The fraction of sp³-hybridized carbons (Fsp3) is 0.375. The highest BCUT2D eigenvalue weighted by Gasteiger charge is 2.02. The lowest BCUT2D eigenvalue weighted by Crippen LogP contribution is -1.90. The number of nitrogens with zero attached hydrogens (tertiary/aromatic N) is 3. The zero-order valence-corrected chi connectivity index (χ0v) is 8.48. The Morgan fingerprint density at radius 2 is 2.46 bits per heavy atom. The van der Waals surface area contributed by atoms with Crippen molar-refractivity contribution in [2.45, 2.75) is 11.4 Å². The van der Waals surface area contributed by atoms with E-state index in [0.29, 0.717) is 16.5 Å². The quantitative estimate of drug-likeness (QED) is 0.437.